The van der Waals surface area contributed by atoms with E-state index in [4.69, 9.17) is 5.73 Å². The summed E-state index contributed by atoms with van der Waals surface area (Å²) in [4.78, 5) is 17.3. The van der Waals surface area contributed by atoms with E-state index in [0.717, 1.165) is 58.2 Å². The topological polar surface area (TPSA) is 49.6 Å². The van der Waals surface area contributed by atoms with Crippen molar-refractivity contribution in [3.05, 3.63) is 0 Å². The molecule has 0 radical (unpaired) electrons. The predicted molar refractivity (Wildman–Crippen MR) is 77.8 cm³/mol. The summed E-state index contributed by atoms with van der Waals surface area (Å²) in [6.07, 6.45) is 6.27. The van der Waals surface area contributed by atoms with Crippen LogP contribution < -0.4 is 5.73 Å². The second-order valence-electron chi connectivity index (χ2n) is 6.33. The number of carbonyl (C=O) groups is 1. The monoisotopic (exact) mass is 267 g/mol. The molecule has 4 heteroatoms. The Morgan fingerprint density at radius 2 is 2.05 bits per heavy atom. The van der Waals surface area contributed by atoms with Crippen LogP contribution in [0.1, 0.15) is 45.4 Å². The standard InChI is InChI=1S/C15H29N3O/c1-3-14-11-17(2)8-5-9-18(14)15(19)12-6-4-7-13(16)10-12/h12-14H,3-11,16H2,1-2H3. The number of likely N-dealkylation sites (N-methyl/N-ethyl adjacent to an activating group) is 1. The first kappa shape index (κ1) is 14.8. The fourth-order valence-electron chi connectivity index (χ4n) is 3.57. The van der Waals surface area contributed by atoms with E-state index in [1.165, 1.54) is 0 Å². The maximum atomic E-state index is 12.8. The Morgan fingerprint density at radius 1 is 1.26 bits per heavy atom. The van der Waals surface area contributed by atoms with Crippen LogP contribution in [0.5, 0.6) is 0 Å². The zero-order valence-electron chi connectivity index (χ0n) is 12.5. The number of carbonyl (C=O) groups excluding carboxylic acids is 1. The van der Waals surface area contributed by atoms with Gasteiger partial charge in [0.25, 0.3) is 0 Å². The highest BCUT2D eigenvalue weighted by atomic mass is 16.2. The molecule has 0 aromatic rings. The molecule has 0 aromatic heterocycles. The van der Waals surface area contributed by atoms with Crippen molar-refractivity contribution in [2.75, 3.05) is 26.7 Å². The third kappa shape index (κ3) is 3.69. The number of nitrogens with zero attached hydrogens (tertiary/aromatic N) is 2. The van der Waals surface area contributed by atoms with E-state index in [0.29, 0.717) is 11.9 Å². The fourth-order valence-corrected chi connectivity index (χ4v) is 3.57. The number of nitrogens with two attached hydrogens (primary N) is 1. The minimum atomic E-state index is 0.182. The van der Waals surface area contributed by atoms with Gasteiger partial charge < -0.3 is 15.5 Å². The van der Waals surface area contributed by atoms with E-state index >= 15 is 0 Å². The van der Waals surface area contributed by atoms with E-state index in [9.17, 15) is 4.79 Å². The van der Waals surface area contributed by atoms with E-state index in [1.807, 2.05) is 0 Å². The third-order valence-corrected chi connectivity index (χ3v) is 4.72. The van der Waals surface area contributed by atoms with Crippen molar-refractivity contribution < 1.29 is 4.79 Å². The molecule has 0 aromatic carbocycles. The fraction of sp³-hybridized carbons (Fsp3) is 0.933. The highest BCUT2D eigenvalue weighted by Gasteiger charge is 2.33. The van der Waals surface area contributed by atoms with Crippen molar-refractivity contribution in [1.29, 1.82) is 0 Å². The average molecular weight is 267 g/mol. The van der Waals surface area contributed by atoms with E-state index in [1.54, 1.807) is 0 Å². The zero-order chi connectivity index (χ0) is 13.8. The lowest BCUT2D eigenvalue weighted by molar-refractivity contribution is -0.139. The molecule has 2 aliphatic rings. The van der Waals surface area contributed by atoms with Crippen LogP contribution in [-0.2, 0) is 4.79 Å². The number of amides is 1. The van der Waals surface area contributed by atoms with Gasteiger partial charge in [0.15, 0.2) is 0 Å². The van der Waals surface area contributed by atoms with Crippen LogP contribution in [0.15, 0.2) is 0 Å². The summed E-state index contributed by atoms with van der Waals surface area (Å²) >= 11 is 0. The molecule has 1 aliphatic carbocycles. The molecule has 19 heavy (non-hydrogen) atoms. The second-order valence-corrected chi connectivity index (χ2v) is 6.33. The summed E-state index contributed by atoms with van der Waals surface area (Å²) in [6, 6.07) is 0.621. The van der Waals surface area contributed by atoms with Gasteiger partial charge in [0, 0.05) is 31.1 Å². The molecule has 3 unspecified atom stereocenters. The molecule has 1 saturated heterocycles. The summed E-state index contributed by atoms with van der Waals surface area (Å²) in [5.74, 6) is 0.554. The summed E-state index contributed by atoms with van der Waals surface area (Å²) in [5.41, 5.74) is 6.03. The summed E-state index contributed by atoms with van der Waals surface area (Å²) in [7, 11) is 2.16. The van der Waals surface area contributed by atoms with Crippen molar-refractivity contribution in [2.24, 2.45) is 11.7 Å². The summed E-state index contributed by atoms with van der Waals surface area (Å²) < 4.78 is 0. The normalized spacial score (nSPS) is 34.1. The van der Waals surface area contributed by atoms with Gasteiger partial charge in [-0.05, 0) is 45.7 Å². The Morgan fingerprint density at radius 3 is 2.74 bits per heavy atom. The van der Waals surface area contributed by atoms with E-state index in [-0.39, 0.29) is 12.0 Å². The van der Waals surface area contributed by atoms with Gasteiger partial charge in [-0.3, -0.25) is 4.79 Å². The first-order chi connectivity index (χ1) is 9.11. The highest BCUT2D eigenvalue weighted by molar-refractivity contribution is 5.79. The van der Waals surface area contributed by atoms with Crippen LogP contribution in [0.25, 0.3) is 0 Å². The van der Waals surface area contributed by atoms with Crippen molar-refractivity contribution in [2.45, 2.75) is 57.5 Å². The summed E-state index contributed by atoms with van der Waals surface area (Å²) in [5, 5.41) is 0. The van der Waals surface area contributed by atoms with Crippen LogP contribution in [0.3, 0.4) is 0 Å². The molecule has 1 heterocycles. The van der Waals surface area contributed by atoms with Crippen LogP contribution in [0, 0.1) is 5.92 Å². The van der Waals surface area contributed by atoms with Crippen LogP contribution in [-0.4, -0.2) is 54.5 Å². The highest BCUT2D eigenvalue weighted by Crippen LogP contribution is 2.26. The third-order valence-electron chi connectivity index (χ3n) is 4.72. The van der Waals surface area contributed by atoms with Gasteiger partial charge in [-0.25, -0.2) is 0 Å². The quantitative estimate of drug-likeness (QED) is 0.824. The molecule has 1 amide bonds. The van der Waals surface area contributed by atoms with Crippen molar-refractivity contribution in [1.82, 2.24) is 9.80 Å². The van der Waals surface area contributed by atoms with Gasteiger partial charge in [-0.1, -0.05) is 13.3 Å². The lowest BCUT2D eigenvalue weighted by Gasteiger charge is -2.35. The van der Waals surface area contributed by atoms with Gasteiger partial charge in [0.1, 0.15) is 0 Å². The Hall–Kier alpha value is -0.610. The maximum absolute atomic E-state index is 12.8. The molecule has 2 fully saturated rings. The first-order valence-corrected chi connectivity index (χ1v) is 7.86. The molecule has 0 bridgehead atoms. The molecular weight excluding hydrogens is 238 g/mol. The summed E-state index contributed by atoms with van der Waals surface area (Å²) in [6.45, 7) is 5.23. The van der Waals surface area contributed by atoms with Crippen LogP contribution >= 0.6 is 0 Å². The average Bonchev–Trinajstić information content (AvgIpc) is 2.59. The second kappa shape index (κ2) is 6.71. The lowest BCUT2D eigenvalue weighted by Crippen LogP contribution is -2.47. The lowest BCUT2D eigenvalue weighted by atomic mass is 9.85. The molecule has 1 aliphatic heterocycles. The van der Waals surface area contributed by atoms with E-state index in [2.05, 4.69) is 23.8 Å². The van der Waals surface area contributed by atoms with E-state index < -0.39 is 0 Å². The molecule has 4 nitrogen and oxygen atoms in total. The minimum absolute atomic E-state index is 0.182. The predicted octanol–water partition coefficient (Wildman–Crippen LogP) is 1.45. The van der Waals surface area contributed by atoms with Gasteiger partial charge in [-0.15, -0.1) is 0 Å². The van der Waals surface area contributed by atoms with Crippen LogP contribution in [0.2, 0.25) is 0 Å². The van der Waals surface area contributed by atoms with Crippen LogP contribution in [0.4, 0.5) is 0 Å². The van der Waals surface area contributed by atoms with Crippen molar-refractivity contribution >= 4 is 5.91 Å². The molecular formula is C15H29N3O. The Bertz CT molecular complexity index is 308. The minimum Gasteiger partial charge on any atom is -0.338 e. The molecule has 110 valence electrons. The smallest absolute Gasteiger partial charge is 0.226 e. The number of hydrogen-bond donors (Lipinski definition) is 1. The molecule has 0 spiro atoms. The molecule has 2 rings (SSSR count). The Kier molecular flexibility index (Phi) is 5.22. The maximum Gasteiger partial charge on any atom is 0.226 e. The SMILES string of the molecule is CCC1CN(C)CCCN1C(=O)C1CCCC(N)C1. The Balaban J connectivity index is 2.02. The molecule has 3 atom stereocenters. The number of rotatable bonds is 2. The zero-order valence-corrected chi connectivity index (χ0v) is 12.5. The molecule has 1 saturated carbocycles. The Labute approximate surface area is 117 Å². The van der Waals surface area contributed by atoms with Gasteiger partial charge in [-0.2, -0.15) is 0 Å². The number of hydrogen-bond acceptors (Lipinski definition) is 3. The van der Waals surface area contributed by atoms with Crippen molar-refractivity contribution in [3.8, 4) is 0 Å². The van der Waals surface area contributed by atoms with Gasteiger partial charge in [0.2, 0.25) is 5.91 Å². The largest absolute Gasteiger partial charge is 0.338 e. The van der Waals surface area contributed by atoms with Gasteiger partial charge in [0.05, 0.1) is 0 Å². The first-order valence-electron chi connectivity index (χ1n) is 7.86. The molecule has 2 N–H and O–H groups in total. The van der Waals surface area contributed by atoms with Gasteiger partial charge >= 0.3 is 0 Å². The van der Waals surface area contributed by atoms with Crippen molar-refractivity contribution in [3.63, 3.8) is 0 Å².